The number of amides is 3. The number of hydrogen-bond donors (Lipinski definition) is 2. The number of thiazole rings is 1. The summed E-state index contributed by atoms with van der Waals surface area (Å²) in [6.07, 6.45) is 0. The lowest BCUT2D eigenvalue weighted by molar-refractivity contribution is -0.122. The molecule has 3 aromatic carbocycles. The first-order chi connectivity index (χ1) is 19.3. The molecule has 40 heavy (non-hydrogen) atoms. The Labute approximate surface area is 236 Å². The molecule has 0 radical (unpaired) electrons. The van der Waals surface area contributed by atoms with Gasteiger partial charge in [0.1, 0.15) is 16.8 Å². The van der Waals surface area contributed by atoms with Gasteiger partial charge in [0.25, 0.3) is 5.91 Å². The zero-order chi connectivity index (χ0) is 28.0. The highest BCUT2D eigenvalue weighted by atomic mass is 32.2. The molecule has 0 spiro atoms. The van der Waals surface area contributed by atoms with Gasteiger partial charge in [0.2, 0.25) is 11.8 Å². The van der Waals surface area contributed by atoms with E-state index in [-0.39, 0.29) is 17.4 Å². The van der Waals surface area contributed by atoms with Crippen LogP contribution in [0.25, 0.3) is 0 Å². The minimum atomic E-state index is -0.756. The molecule has 1 fully saturated rings. The molecule has 2 aliphatic heterocycles. The maximum Gasteiger partial charge on any atom is 0.305 e. The number of anilines is 2. The van der Waals surface area contributed by atoms with Crippen LogP contribution < -0.4 is 19.8 Å². The van der Waals surface area contributed by atoms with E-state index in [1.807, 2.05) is 31.2 Å². The standard InChI is InChI=1S/C29H22FN3O5S2/c1-15-2-8-18(9-3-15)31-21(34)14-38-20-12-4-16(5-13-20)22-23-25(39-26-24(22)40-29(37)32-26)28(36)33(27(23)35)19-10-6-17(30)7-11-19/h2-13,22-23,25H,14H2,1H3,(H,31,34)(H,32,37)/t22-,23?,25?/m1/s1. The fraction of sp³-hybridized carbons (Fsp3) is 0.172. The molecule has 1 aromatic heterocycles. The van der Waals surface area contributed by atoms with E-state index >= 15 is 0 Å². The van der Waals surface area contributed by atoms with Crippen LogP contribution in [-0.2, 0) is 14.4 Å². The number of aromatic nitrogens is 1. The van der Waals surface area contributed by atoms with Crippen molar-refractivity contribution < 1.29 is 23.5 Å². The number of carbonyl (C=O) groups excluding carboxylic acids is 3. The highest BCUT2D eigenvalue weighted by Gasteiger charge is 2.56. The smallest absolute Gasteiger partial charge is 0.305 e. The normalized spacial score (nSPS) is 19.8. The van der Waals surface area contributed by atoms with Crippen LogP contribution >= 0.6 is 23.1 Å². The lowest BCUT2D eigenvalue weighted by atomic mass is 9.83. The van der Waals surface area contributed by atoms with Gasteiger partial charge in [-0.1, -0.05) is 52.9 Å². The fourth-order valence-corrected chi connectivity index (χ4v) is 7.49. The first-order valence-corrected chi connectivity index (χ1v) is 14.1. The van der Waals surface area contributed by atoms with Crippen molar-refractivity contribution in [2.24, 2.45) is 5.92 Å². The van der Waals surface area contributed by atoms with Gasteiger partial charge in [-0.25, -0.2) is 9.29 Å². The molecule has 0 saturated carbocycles. The van der Waals surface area contributed by atoms with E-state index in [9.17, 15) is 23.6 Å². The molecule has 6 rings (SSSR count). The molecule has 8 nitrogen and oxygen atoms in total. The highest BCUT2D eigenvalue weighted by Crippen LogP contribution is 2.53. The molecular weight excluding hydrogens is 553 g/mol. The number of benzene rings is 3. The van der Waals surface area contributed by atoms with Crippen molar-refractivity contribution in [2.45, 2.75) is 23.1 Å². The second kappa shape index (κ2) is 10.4. The summed E-state index contributed by atoms with van der Waals surface area (Å²) in [6.45, 7) is 1.77. The first-order valence-electron chi connectivity index (χ1n) is 12.4. The largest absolute Gasteiger partial charge is 0.484 e. The average Bonchev–Trinajstić information content (AvgIpc) is 3.44. The van der Waals surface area contributed by atoms with Crippen LogP contribution in [0, 0.1) is 18.7 Å². The van der Waals surface area contributed by atoms with Crippen molar-refractivity contribution in [1.29, 1.82) is 0 Å². The number of imide groups is 1. The third-order valence-electron chi connectivity index (χ3n) is 6.85. The summed E-state index contributed by atoms with van der Waals surface area (Å²) in [5.41, 5.74) is 2.79. The lowest BCUT2D eigenvalue weighted by Crippen LogP contribution is -2.32. The highest BCUT2D eigenvalue weighted by molar-refractivity contribution is 8.00. The maximum absolute atomic E-state index is 13.7. The SMILES string of the molecule is Cc1ccc(NC(=O)COc2ccc([C@H]3c4sc(=O)[nH]c4SC4C(=O)N(c5ccc(F)cc5)C(=O)C43)cc2)cc1. The molecule has 3 heterocycles. The quantitative estimate of drug-likeness (QED) is 0.323. The zero-order valence-electron chi connectivity index (χ0n) is 21.1. The number of H-pyrrole nitrogens is 1. The fourth-order valence-electron chi connectivity index (χ4n) is 4.98. The molecule has 202 valence electrons. The Hall–Kier alpha value is -4.22. The molecule has 2 unspecified atom stereocenters. The van der Waals surface area contributed by atoms with Crippen molar-refractivity contribution in [3.63, 3.8) is 0 Å². The summed E-state index contributed by atoms with van der Waals surface area (Å²) < 4.78 is 19.2. The van der Waals surface area contributed by atoms with Crippen LogP contribution in [0.15, 0.2) is 82.6 Å². The Morgan fingerprint density at radius 2 is 1.68 bits per heavy atom. The summed E-state index contributed by atoms with van der Waals surface area (Å²) in [6, 6.07) is 19.6. The number of aryl methyl sites for hydroxylation is 1. The van der Waals surface area contributed by atoms with Gasteiger partial charge in [0.05, 0.1) is 16.6 Å². The van der Waals surface area contributed by atoms with E-state index in [1.165, 1.54) is 36.0 Å². The van der Waals surface area contributed by atoms with Crippen molar-refractivity contribution in [2.75, 3.05) is 16.8 Å². The molecule has 0 aliphatic carbocycles. The summed E-state index contributed by atoms with van der Waals surface area (Å²) in [7, 11) is 0. The number of fused-ring (bicyclic) bond motifs is 2. The van der Waals surface area contributed by atoms with E-state index in [4.69, 9.17) is 4.74 Å². The van der Waals surface area contributed by atoms with E-state index in [0.717, 1.165) is 27.4 Å². The summed E-state index contributed by atoms with van der Waals surface area (Å²) in [5.74, 6) is -2.44. The zero-order valence-corrected chi connectivity index (χ0v) is 22.7. The predicted molar refractivity (Wildman–Crippen MR) is 151 cm³/mol. The van der Waals surface area contributed by atoms with Crippen molar-refractivity contribution in [3.8, 4) is 5.75 Å². The number of rotatable bonds is 6. The van der Waals surface area contributed by atoms with Gasteiger partial charge in [-0.15, -0.1) is 0 Å². The molecule has 1 saturated heterocycles. The molecule has 3 amide bonds. The van der Waals surface area contributed by atoms with Crippen LogP contribution in [0.5, 0.6) is 5.75 Å². The number of nitrogens with zero attached hydrogens (tertiary/aromatic N) is 1. The third-order valence-corrected chi connectivity index (χ3v) is 9.25. The van der Waals surface area contributed by atoms with Gasteiger partial charge in [-0.3, -0.25) is 19.2 Å². The molecular formula is C29H22FN3O5S2. The molecule has 2 N–H and O–H groups in total. The van der Waals surface area contributed by atoms with Gasteiger partial charge >= 0.3 is 4.87 Å². The van der Waals surface area contributed by atoms with Crippen LogP contribution in [-0.4, -0.2) is 34.6 Å². The van der Waals surface area contributed by atoms with E-state index in [2.05, 4.69) is 10.3 Å². The molecule has 0 bridgehead atoms. The number of carbonyl (C=O) groups is 3. The Morgan fingerprint density at radius 1 is 0.975 bits per heavy atom. The van der Waals surface area contributed by atoms with E-state index in [1.54, 1.807) is 24.3 Å². The van der Waals surface area contributed by atoms with E-state index < -0.39 is 34.7 Å². The van der Waals surface area contributed by atoms with Gasteiger partial charge < -0.3 is 15.0 Å². The second-order valence-corrected chi connectivity index (χ2v) is 11.7. The van der Waals surface area contributed by atoms with Gasteiger partial charge in [-0.05, 0) is 61.0 Å². The van der Waals surface area contributed by atoms with Crippen LogP contribution in [0.2, 0.25) is 0 Å². The summed E-state index contributed by atoms with van der Waals surface area (Å²) in [4.78, 5) is 56.0. The predicted octanol–water partition coefficient (Wildman–Crippen LogP) is 4.70. The van der Waals surface area contributed by atoms with Crippen LogP contribution in [0.3, 0.4) is 0 Å². The Balaban J connectivity index is 1.24. The third kappa shape index (κ3) is 4.82. The van der Waals surface area contributed by atoms with Crippen molar-refractivity contribution in [3.05, 3.63) is 104 Å². The number of halogens is 1. The topological polar surface area (TPSA) is 109 Å². The van der Waals surface area contributed by atoms with Crippen LogP contribution in [0.1, 0.15) is 21.9 Å². The number of aromatic amines is 1. The van der Waals surface area contributed by atoms with Crippen molar-refractivity contribution in [1.82, 2.24) is 4.98 Å². The molecule has 11 heteroatoms. The molecule has 4 aromatic rings. The molecule has 2 aliphatic rings. The summed E-state index contributed by atoms with van der Waals surface area (Å²) >= 11 is 2.19. The lowest BCUT2D eigenvalue weighted by Gasteiger charge is -2.29. The number of ether oxygens (including phenoxy) is 1. The Bertz CT molecular complexity index is 1670. The Morgan fingerprint density at radius 3 is 2.38 bits per heavy atom. The van der Waals surface area contributed by atoms with Crippen LogP contribution in [0.4, 0.5) is 15.8 Å². The van der Waals surface area contributed by atoms with E-state index in [0.29, 0.717) is 27.0 Å². The maximum atomic E-state index is 13.7. The summed E-state index contributed by atoms with van der Waals surface area (Å²) in [5, 5.41) is 2.60. The Kier molecular flexibility index (Phi) is 6.77. The van der Waals surface area contributed by atoms with Gasteiger partial charge in [-0.2, -0.15) is 0 Å². The average molecular weight is 576 g/mol. The number of thioether (sulfide) groups is 1. The minimum Gasteiger partial charge on any atom is -0.484 e. The monoisotopic (exact) mass is 575 g/mol. The number of nitrogens with one attached hydrogen (secondary N) is 2. The molecule has 3 atom stereocenters. The first kappa shape index (κ1) is 26.0. The van der Waals surface area contributed by atoms with Gasteiger partial charge in [0.15, 0.2) is 6.61 Å². The number of hydrogen-bond acceptors (Lipinski definition) is 7. The van der Waals surface area contributed by atoms with Crippen molar-refractivity contribution >= 4 is 52.2 Å². The van der Waals surface area contributed by atoms with Gasteiger partial charge in [0, 0.05) is 16.5 Å². The minimum absolute atomic E-state index is 0.193. The second-order valence-electron chi connectivity index (χ2n) is 9.51.